The topological polar surface area (TPSA) is 51.4 Å². The van der Waals surface area contributed by atoms with Crippen molar-refractivity contribution in [2.24, 2.45) is 5.41 Å². The molecule has 120 valence electrons. The fraction of sp³-hybridized carbons (Fsp3) is 0.389. The smallest absolute Gasteiger partial charge is 0.321 e. The molecule has 2 fully saturated rings. The van der Waals surface area contributed by atoms with E-state index in [-0.39, 0.29) is 6.03 Å². The van der Waals surface area contributed by atoms with Crippen molar-refractivity contribution in [3.63, 3.8) is 0 Å². The first-order valence-electron chi connectivity index (χ1n) is 8.18. The first-order chi connectivity index (χ1) is 11.2. The average molecular weight is 310 g/mol. The molecule has 1 aromatic carbocycles. The van der Waals surface area contributed by atoms with Crippen molar-refractivity contribution in [2.75, 3.05) is 31.5 Å². The molecular formula is C18H22N4O. The predicted octanol–water partition coefficient (Wildman–Crippen LogP) is 2.75. The number of amides is 2. The van der Waals surface area contributed by atoms with E-state index in [9.17, 15) is 4.79 Å². The monoisotopic (exact) mass is 310 g/mol. The van der Waals surface area contributed by atoms with E-state index in [4.69, 9.17) is 0 Å². The number of hydrogen-bond acceptors (Lipinski definition) is 2. The summed E-state index contributed by atoms with van der Waals surface area (Å²) in [6.45, 7) is 4.87. The van der Waals surface area contributed by atoms with Crippen molar-refractivity contribution >= 4 is 11.7 Å². The summed E-state index contributed by atoms with van der Waals surface area (Å²) in [4.78, 5) is 20.0. The lowest BCUT2D eigenvalue weighted by Gasteiger charge is -2.48. The molecule has 2 aliphatic heterocycles. The molecule has 0 aliphatic carbocycles. The van der Waals surface area contributed by atoms with Crippen molar-refractivity contribution < 1.29 is 4.79 Å². The molecule has 1 spiro atoms. The van der Waals surface area contributed by atoms with Gasteiger partial charge in [0.25, 0.3) is 0 Å². The molecular weight excluding hydrogens is 288 g/mol. The standard InChI is InChI=1S/C18H22N4O/c23-17(20-15-5-2-1-3-6-15)22-10-8-18(14-22)12-21(13-18)11-16-7-4-9-19-16/h1-7,9,19H,8,10-14H2,(H,20,23). The van der Waals surface area contributed by atoms with Crippen molar-refractivity contribution in [3.05, 3.63) is 54.4 Å². The minimum absolute atomic E-state index is 0.0240. The van der Waals surface area contributed by atoms with Gasteiger partial charge in [-0.1, -0.05) is 18.2 Å². The zero-order valence-electron chi connectivity index (χ0n) is 13.2. The number of nitrogens with zero attached hydrogens (tertiary/aromatic N) is 2. The molecule has 23 heavy (non-hydrogen) atoms. The van der Waals surface area contributed by atoms with Crippen LogP contribution in [0, 0.1) is 5.41 Å². The van der Waals surface area contributed by atoms with Crippen molar-refractivity contribution in [3.8, 4) is 0 Å². The number of anilines is 1. The third-order valence-corrected chi connectivity index (χ3v) is 4.92. The molecule has 0 saturated carbocycles. The summed E-state index contributed by atoms with van der Waals surface area (Å²) >= 11 is 0. The molecule has 1 aromatic heterocycles. The molecule has 0 bridgehead atoms. The molecule has 2 saturated heterocycles. The van der Waals surface area contributed by atoms with Crippen LogP contribution in [0.4, 0.5) is 10.5 Å². The van der Waals surface area contributed by atoms with Gasteiger partial charge in [-0.3, -0.25) is 4.90 Å². The Morgan fingerprint density at radius 1 is 1.13 bits per heavy atom. The average Bonchev–Trinajstić information content (AvgIpc) is 3.18. The number of hydrogen-bond donors (Lipinski definition) is 2. The Bertz CT molecular complexity index is 662. The molecule has 5 nitrogen and oxygen atoms in total. The summed E-state index contributed by atoms with van der Waals surface area (Å²) in [5.41, 5.74) is 2.43. The van der Waals surface area contributed by atoms with Gasteiger partial charge in [0.05, 0.1) is 0 Å². The molecule has 3 heterocycles. The summed E-state index contributed by atoms with van der Waals surface area (Å²) in [6.07, 6.45) is 3.08. The summed E-state index contributed by atoms with van der Waals surface area (Å²) in [5.74, 6) is 0. The maximum Gasteiger partial charge on any atom is 0.321 e. The summed E-state index contributed by atoms with van der Waals surface area (Å²) in [5, 5.41) is 2.99. The summed E-state index contributed by atoms with van der Waals surface area (Å²) in [6, 6.07) is 13.9. The van der Waals surface area contributed by atoms with Gasteiger partial charge in [0.2, 0.25) is 0 Å². The molecule has 4 rings (SSSR count). The van der Waals surface area contributed by atoms with E-state index in [1.807, 2.05) is 47.5 Å². The number of para-hydroxylation sites is 1. The quantitative estimate of drug-likeness (QED) is 0.916. The largest absolute Gasteiger partial charge is 0.364 e. The Balaban J connectivity index is 1.29. The number of carbonyl (C=O) groups excluding carboxylic acids is 1. The highest BCUT2D eigenvalue weighted by Crippen LogP contribution is 2.40. The predicted molar refractivity (Wildman–Crippen MR) is 90.2 cm³/mol. The maximum atomic E-state index is 12.4. The Labute approximate surface area is 136 Å². The van der Waals surface area contributed by atoms with E-state index < -0.39 is 0 Å². The van der Waals surface area contributed by atoms with Gasteiger partial charge in [-0.25, -0.2) is 4.79 Å². The fourth-order valence-corrected chi connectivity index (χ4v) is 3.81. The molecule has 2 aliphatic rings. The second-order valence-electron chi connectivity index (χ2n) is 6.81. The number of benzene rings is 1. The number of urea groups is 1. The van der Waals surface area contributed by atoms with Crippen LogP contribution in [0.15, 0.2) is 48.7 Å². The number of carbonyl (C=O) groups is 1. The highest BCUT2D eigenvalue weighted by atomic mass is 16.2. The second-order valence-corrected chi connectivity index (χ2v) is 6.81. The summed E-state index contributed by atoms with van der Waals surface area (Å²) < 4.78 is 0. The fourth-order valence-electron chi connectivity index (χ4n) is 3.81. The van der Waals surface area contributed by atoms with Crippen LogP contribution in [0.25, 0.3) is 0 Å². The molecule has 2 aromatic rings. The molecule has 0 unspecified atom stereocenters. The Hall–Kier alpha value is -2.27. The highest BCUT2D eigenvalue weighted by Gasteiger charge is 2.48. The molecule has 5 heteroatoms. The van der Waals surface area contributed by atoms with Gasteiger partial charge in [-0.2, -0.15) is 0 Å². The molecule has 2 N–H and O–H groups in total. The van der Waals surface area contributed by atoms with Crippen LogP contribution < -0.4 is 5.32 Å². The number of H-pyrrole nitrogens is 1. The zero-order valence-corrected chi connectivity index (χ0v) is 13.2. The van der Waals surface area contributed by atoms with Gasteiger partial charge in [-0.15, -0.1) is 0 Å². The second kappa shape index (κ2) is 5.74. The van der Waals surface area contributed by atoms with Crippen LogP contribution in [0.1, 0.15) is 12.1 Å². The van der Waals surface area contributed by atoms with E-state index in [2.05, 4.69) is 21.3 Å². The Morgan fingerprint density at radius 3 is 2.70 bits per heavy atom. The first-order valence-corrected chi connectivity index (χ1v) is 8.18. The number of rotatable bonds is 3. The van der Waals surface area contributed by atoms with Crippen LogP contribution in [0.2, 0.25) is 0 Å². The van der Waals surface area contributed by atoms with Crippen molar-refractivity contribution in [2.45, 2.75) is 13.0 Å². The lowest BCUT2D eigenvalue weighted by molar-refractivity contribution is 0.00407. The van der Waals surface area contributed by atoms with E-state index in [0.29, 0.717) is 5.41 Å². The molecule has 0 radical (unpaired) electrons. The van der Waals surface area contributed by atoms with Crippen LogP contribution in [0.3, 0.4) is 0 Å². The minimum atomic E-state index is 0.0240. The first kappa shape index (κ1) is 14.3. The van der Waals surface area contributed by atoms with Gasteiger partial charge in [0, 0.05) is 55.7 Å². The van der Waals surface area contributed by atoms with Crippen LogP contribution in [0.5, 0.6) is 0 Å². The van der Waals surface area contributed by atoms with Gasteiger partial charge in [-0.05, 0) is 30.7 Å². The lowest BCUT2D eigenvalue weighted by atomic mass is 9.79. The van der Waals surface area contributed by atoms with Crippen LogP contribution >= 0.6 is 0 Å². The van der Waals surface area contributed by atoms with Crippen molar-refractivity contribution in [1.82, 2.24) is 14.8 Å². The number of likely N-dealkylation sites (tertiary alicyclic amines) is 2. The number of nitrogens with one attached hydrogen (secondary N) is 2. The third-order valence-electron chi connectivity index (χ3n) is 4.92. The zero-order chi connectivity index (χ0) is 15.7. The Morgan fingerprint density at radius 2 is 1.96 bits per heavy atom. The van der Waals surface area contributed by atoms with E-state index in [1.54, 1.807) is 0 Å². The normalized spacial score (nSPS) is 19.7. The van der Waals surface area contributed by atoms with E-state index >= 15 is 0 Å². The van der Waals surface area contributed by atoms with E-state index in [1.165, 1.54) is 5.69 Å². The highest BCUT2D eigenvalue weighted by molar-refractivity contribution is 5.89. The van der Waals surface area contributed by atoms with Gasteiger partial charge in [0.1, 0.15) is 0 Å². The molecule has 0 atom stereocenters. The molecule has 2 amide bonds. The number of aromatic nitrogens is 1. The van der Waals surface area contributed by atoms with E-state index in [0.717, 1.165) is 44.8 Å². The van der Waals surface area contributed by atoms with Crippen LogP contribution in [-0.2, 0) is 6.54 Å². The minimum Gasteiger partial charge on any atom is -0.364 e. The van der Waals surface area contributed by atoms with Gasteiger partial charge >= 0.3 is 6.03 Å². The lowest BCUT2D eigenvalue weighted by Crippen LogP contribution is -2.57. The maximum absolute atomic E-state index is 12.4. The van der Waals surface area contributed by atoms with Crippen LogP contribution in [-0.4, -0.2) is 47.0 Å². The van der Waals surface area contributed by atoms with Crippen molar-refractivity contribution in [1.29, 1.82) is 0 Å². The Kier molecular flexibility index (Phi) is 3.58. The third kappa shape index (κ3) is 2.97. The van der Waals surface area contributed by atoms with Gasteiger partial charge in [0.15, 0.2) is 0 Å². The SMILES string of the molecule is O=C(Nc1ccccc1)N1CCC2(CN(Cc3ccc[nH]3)C2)C1. The number of aromatic amines is 1. The van der Waals surface area contributed by atoms with Gasteiger partial charge < -0.3 is 15.2 Å². The summed E-state index contributed by atoms with van der Waals surface area (Å²) in [7, 11) is 0.